The summed E-state index contributed by atoms with van der Waals surface area (Å²) in [6.07, 6.45) is 2.60. The van der Waals surface area contributed by atoms with Gasteiger partial charge in [0, 0.05) is 36.4 Å². The normalized spacial score (nSPS) is 32.2. The number of thioether (sulfide) groups is 1. The standard InChI is InChI=1S/C21H27ClFN3O3S/c1-11-8-24-20(30-11)9-25-21(28)15-7-18(13-4-12(15)5-13)26-19(27)10-29-14-2-3-16(22)17(23)6-14/h2-3,6,11-13,15,18,20,24H,4-5,7-10H2,1H3,(H,25,28)(H,26,27)/t11?,12?,13?,15-,18+,20?/m1/s1. The molecule has 3 aliphatic carbocycles. The van der Waals surface area contributed by atoms with Crippen molar-refractivity contribution < 1.29 is 18.7 Å². The van der Waals surface area contributed by atoms with E-state index < -0.39 is 5.82 Å². The first-order valence-corrected chi connectivity index (χ1v) is 11.7. The number of benzene rings is 1. The highest BCUT2D eigenvalue weighted by Crippen LogP contribution is 2.49. The molecule has 9 heteroatoms. The number of amides is 2. The van der Waals surface area contributed by atoms with Gasteiger partial charge in [0.25, 0.3) is 5.91 Å². The monoisotopic (exact) mass is 455 g/mol. The van der Waals surface area contributed by atoms with Crippen LogP contribution in [0.2, 0.25) is 5.02 Å². The first kappa shape index (κ1) is 21.7. The van der Waals surface area contributed by atoms with Crippen LogP contribution >= 0.6 is 23.4 Å². The van der Waals surface area contributed by atoms with Crippen molar-refractivity contribution in [1.29, 1.82) is 0 Å². The summed E-state index contributed by atoms with van der Waals surface area (Å²) in [4.78, 5) is 25.1. The van der Waals surface area contributed by atoms with Crippen LogP contribution in [0.5, 0.6) is 5.75 Å². The van der Waals surface area contributed by atoms with Crippen LogP contribution in [0.3, 0.4) is 0 Å². The SMILES string of the molecule is CC1CNC(CNC(=O)[C@@H]2C[C@H](NC(=O)COc3ccc(Cl)c(F)c3)C3CC2C3)S1. The summed E-state index contributed by atoms with van der Waals surface area (Å²) in [5.41, 5.74) is 0. The lowest BCUT2D eigenvalue weighted by Crippen LogP contribution is -2.57. The van der Waals surface area contributed by atoms with Gasteiger partial charge < -0.3 is 20.7 Å². The number of hydrogen-bond acceptors (Lipinski definition) is 5. The second-order valence-electron chi connectivity index (χ2n) is 8.46. The zero-order chi connectivity index (χ0) is 21.3. The third-order valence-electron chi connectivity index (χ3n) is 6.29. The van der Waals surface area contributed by atoms with E-state index in [1.165, 1.54) is 12.1 Å². The fourth-order valence-electron chi connectivity index (χ4n) is 4.60. The lowest BCUT2D eigenvalue weighted by molar-refractivity contribution is -0.136. The van der Waals surface area contributed by atoms with Crippen molar-refractivity contribution in [2.75, 3.05) is 19.7 Å². The van der Waals surface area contributed by atoms with E-state index in [-0.39, 0.29) is 46.5 Å². The minimum Gasteiger partial charge on any atom is -0.484 e. The molecule has 2 bridgehead atoms. The van der Waals surface area contributed by atoms with E-state index in [1.54, 1.807) is 0 Å². The van der Waals surface area contributed by atoms with Crippen LogP contribution in [0.4, 0.5) is 4.39 Å². The lowest BCUT2D eigenvalue weighted by atomic mass is 9.57. The Morgan fingerprint density at radius 1 is 1.30 bits per heavy atom. The number of fused-ring (bicyclic) bond motifs is 2. The van der Waals surface area contributed by atoms with E-state index in [0.29, 0.717) is 30.1 Å². The van der Waals surface area contributed by atoms with Gasteiger partial charge in [0.2, 0.25) is 5.91 Å². The zero-order valence-electron chi connectivity index (χ0n) is 16.8. The van der Waals surface area contributed by atoms with Crippen LogP contribution in [0.1, 0.15) is 26.2 Å². The Balaban J connectivity index is 1.24. The summed E-state index contributed by atoms with van der Waals surface area (Å²) in [6.45, 7) is 3.57. The second-order valence-corrected chi connectivity index (χ2v) is 10.5. The zero-order valence-corrected chi connectivity index (χ0v) is 18.4. The smallest absolute Gasteiger partial charge is 0.258 e. The Morgan fingerprint density at radius 2 is 2.10 bits per heavy atom. The molecule has 2 amide bonds. The van der Waals surface area contributed by atoms with Gasteiger partial charge in [0.1, 0.15) is 11.6 Å². The molecule has 164 valence electrons. The lowest BCUT2D eigenvalue weighted by Gasteiger charge is -2.50. The predicted molar refractivity (Wildman–Crippen MR) is 115 cm³/mol. The van der Waals surface area contributed by atoms with Gasteiger partial charge in [-0.2, -0.15) is 0 Å². The molecule has 2 unspecified atom stereocenters. The maximum absolute atomic E-state index is 13.5. The first-order valence-electron chi connectivity index (χ1n) is 10.4. The van der Waals surface area contributed by atoms with E-state index in [9.17, 15) is 14.0 Å². The van der Waals surface area contributed by atoms with E-state index in [1.807, 2.05) is 11.8 Å². The fourth-order valence-corrected chi connectivity index (χ4v) is 5.85. The molecule has 1 heterocycles. The maximum atomic E-state index is 13.5. The molecule has 0 aromatic heterocycles. The van der Waals surface area contributed by atoms with Gasteiger partial charge in [-0.3, -0.25) is 9.59 Å². The van der Waals surface area contributed by atoms with Gasteiger partial charge in [-0.25, -0.2) is 4.39 Å². The molecule has 0 radical (unpaired) electrons. The number of ether oxygens (including phenoxy) is 1. The van der Waals surface area contributed by atoms with Crippen LogP contribution in [-0.2, 0) is 9.59 Å². The van der Waals surface area contributed by atoms with Gasteiger partial charge >= 0.3 is 0 Å². The summed E-state index contributed by atoms with van der Waals surface area (Å²) in [6, 6.07) is 4.05. The minimum absolute atomic E-state index is 0.00896. The van der Waals surface area contributed by atoms with E-state index in [4.69, 9.17) is 16.3 Å². The molecular weight excluding hydrogens is 429 g/mol. The van der Waals surface area contributed by atoms with Crippen LogP contribution in [0.25, 0.3) is 0 Å². The Labute approximate surface area is 185 Å². The number of halogens is 2. The van der Waals surface area contributed by atoms with E-state index in [0.717, 1.165) is 25.5 Å². The Morgan fingerprint density at radius 3 is 2.80 bits per heavy atom. The molecule has 5 rings (SSSR count). The number of rotatable bonds is 7. The largest absolute Gasteiger partial charge is 0.484 e. The molecule has 4 fully saturated rings. The van der Waals surface area contributed by atoms with E-state index in [2.05, 4.69) is 22.9 Å². The highest BCUT2D eigenvalue weighted by atomic mass is 35.5. The van der Waals surface area contributed by atoms with Gasteiger partial charge in [-0.15, -0.1) is 11.8 Å². The van der Waals surface area contributed by atoms with E-state index >= 15 is 0 Å². The van der Waals surface area contributed by atoms with Crippen molar-refractivity contribution in [2.24, 2.45) is 17.8 Å². The van der Waals surface area contributed by atoms with Crippen molar-refractivity contribution in [3.05, 3.63) is 29.0 Å². The fraction of sp³-hybridized carbons (Fsp3) is 0.619. The Bertz CT molecular complexity index is 808. The second kappa shape index (κ2) is 9.32. The Hall–Kier alpha value is -1.51. The van der Waals surface area contributed by atoms with Gasteiger partial charge in [-0.1, -0.05) is 18.5 Å². The van der Waals surface area contributed by atoms with Gasteiger partial charge in [0.15, 0.2) is 6.61 Å². The van der Waals surface area contributed by atoms with Crippen LogP contribution in [-0.4, -0.2) is 48.2 Å². The minimum atomic E-state index is -0.586. The molecule has 1 aromatic rings. The third kappa shape index (κ3) is 5.03. The topological polar surface area (TPSA) is 79.5 Å². The van der Waals surface area contributed by atoms with Crippen molar-refractivity contribution in [3.63, 3.8) is 0 Å². The molecule has 30 heavy (non-hydrogen) atoms. The number of carbonyl (C=O) groups is 2. The Kier molecular flexibility index (Phi) is 6.75. The van der Waals surface area contributed by atoms with Crippen molar-refractivity contribution in [3.8, 4) is 5.75 Å². The maximum Gasteiger partial charge on any atom is 0.258 e. The molecular formula is C21H27ClFN3O3S. The van der Waals surface area contributed by atoms with Crippen molar-refractivity contribution in [2.45, 2.75) is 42.9 Å². The number of carbonyl (C=O) groups excluding carboxylic acids is 2. The molecule has 1 saturated heterocycles. The highest BCUT2D eigenvalue weighted by molar-refractivity contribution is 8.00. The summed E-state index contributed by atoms with van der Waals surface area (Å²) in [5.74, 6) is 0.271. The molecule has 1 aliphatic heterocycles. The molecule has 4 aliphatic rings. The van der Waals surface area contributed by atoms with Crippen LogP contribution in [0, 0.1) is 23.6 Å². The van der Waals surface area contributed by atoms with Crippen molar-refractivity contribution in [1.82, 2.24) is 16.0 Å². The molecule has 3 N–H and O–H groups in total. The highest BCUT2D eigenvalue weighted by Gasteiger charge is 2.49. The average Bonchev–Trinajstić information content (AvgIpc) is 3.11. The molecule has 1 aromatic carbocycles. The quantitative estimate of drug-likeness (QED) is 0.589. The summed E-state index contributed by atoms with van der Waals surface area (Å²) >= 11 is 7.50. The van der Waals surface area contributed by atoms with Gasteiger partial charge in [0.05, 0.1) is 10.4 Å². The summed E-state index contributed by atoms with van der Waals surface area (Å²) < 4.78 is 18.8. The summed E-state index contributed by atoms with van der Waals surface area (Å²) in [7, 11) is 0. The predicted octanol–water partition coefficient (Wildman–Crippen LogP) is 2.56. The molecule has 0 spiro atoms. The third-order valence-corrected chi connectivity index (χ3v) is 7.89. The average molecular weight is 456 g/mol. The number of nitrogens with one attached hydrogen (secondary N) is 3. The van der Waals surface area contributed by atoms with Crippen LogP contribution in [0.15, 0.2) is 18.2 Å². The van der Waals surface area contributed by atoms with Crippen LogP contribution < -0.4 is 20.7 Å². The summed E-state index contributed by atoms with van der Waals surface area (Å²) in [5, 5.41) is 10.4. The number of hydrogen-bond donors (Lipinski definition) is 3. The van der Waals surface area contributed by atoms with Gasteiger partial charge in [-0.05, 0) is 43.2 Å². The first-order chi connectivity index (χ1) is 14.4. The molecule has 4 atom stereocenters. The van der Waals surface area contributed by atoms with Crippen molar-refractivity contribution >= 4 is 35.2 Å². The molecule has 6 nitrogen and oxygen atoms in total. The molecule has 3 saturated carbocycles.